The third-order valence-corrected chi connectivity index (χ3v) is 6.02. The molecular weight excluding hydrogens is 352 g/mol. The first-order chi connectivity index (χ1) is 12.1. The van der Waals surface area contributed by atoms with Crippen LogP contribution in [0.25, 0.3) is 0 Å². The SMILES string of the molecule is CS(=O)c1ccc(C(=O)Nc2cccc(CN3CCSCC3)c2)cc1. The van der Waals surface area contributed by atoms with E-state index in [0.29, 0.717) is 5.56 Å². The van der Waals surface area contributed by atoms with Gasteiger partial charge in [0.25, 0.3) is 5.91 Å². The van der Waals surface area contributed by atoms with Gasteiger partial charge in [-0.25, -0.2) is 0 Å². The molecule has 0 bridgehead atoms. The van der Waals surface area contributed by atoms with Crippen molar-refractivity contribution in [3.63, 3.8) is 0 Å². The second-order valence-corrected chi connectivity index (χ2v) is 8.63. The van der Waals surface area contributed by atoms with Crippen molar-refractivity contribution in [3.8, 4) is 0 Å². The van der Waals surface area contributed by atoms with Crippen molar-refractivity contribution in [2.75, 3.05) is 36.2 Å². The molecule has 2 aromatic rings. The van der Waals surface area contributed by atoms with Crippen LogP contribution in [-0.4, -0.2) is 45.9 Å². The zero-order valence-corrected chi connectivity index (χ0v) is 15.9. The molecule has 1 aliphatic heterocycles. The average molecular weight is 375 g/mol. The van der Waals surface area contributed by atoms with E-state index in [2.05, 4.69) is 16.3 Å². The molecular formula is C19H22N2O2S2. The van der Waals surface area contributed by atoms with Gasteiger partial charge in [0.05, 0.1) is 0 Å². The van der Waals surface area contributed by atoms with Crippen molar-refractivity contribution in [1.29, 1.82) is 0 Å². The highest BCUT2D eigenvalue weighted by molar-refractivity contribution is 7.99. The van der Waals surface area contributed by atoms with E-state index in [9.17, 15) is 9.00 Å². The number of carbonyl (C=O) groups excluding carboxylic acids is 1. The van der Waals surface area contributed by atoms with Crippen LogP contribution >= 0.6 is 11.8 Å². The van der Waals surface area contributed by atoms with Crippen LogP contribution in [0, 0.1) is 0 Å². The number of rotatable bonds is 5. The monoisotopic (exact) mass is 374 g/mol. The van der Waals surface area contributed by atoms with Gasteiger partial charge in [-0.3, -0.25) is 13.9 Å². The maximum atomic E-state index is 12.4. The van der Waals surface area contributed by atoms with Crippen molar-refractivity contribution in [3.05, 3.63) is 59.7 Å². The lowest BCUT2D eigenvalue weighted by molar-refractivity contribution is 0.102. The zero-order chi connectivity index (χ0) is 17.6. The Bertz CT molecular complexity index is 756. The number of carbonyl (C=O) groups is 1. The lowest BCUT2D eigenvalue weighted by Gasteiger charge is -2.26. The summed E-state index contributed by atoms with van der Waals surface area (Å²) in [6.07, 6.45) is 1.63. The number of nitrogens with zero attached hydrogens (tertiary/aromatic N) is 1. The number of amides is 1. The van der Waals surface area contributed by atoms with Gasteiger partial charge in [0.1, 0.15) is 0 Å². The van der Waals surface area contributed by atoms with Gasteiger partial charge < -0.3 is 5.32 Å². The molecule has 2 aromatic carbocycles. The number of hydrogen-bond acceptors (Lipinski definition) is 4. The summed E-state index contributed by atoms with van der Waals surface area (Å²) in [6.45, 7) is 3.15. The lowest BCUT2D eigenvalue weighted by atomic mass is 10.1. The Morgan fingerprint density at radius 3 is 2.56 bits per heavy atom. The summed E-state index contributed by atoms with van der Waals surface area (Å²) in [6, 6.07) is 14.9. The maximum Gasteiger partial charge on any atom is 0.255 e. The molecule has 132 valence electrons. The summed E-state index contributed by atoms with van der Waals surface area (Å²) < 4.78 is 11.4. The third-order valence-electron chi connectivity index (χ3n) is 4.14. The van der Waals surface area contributed by atoms with E-state index in [4.69, 9.17) is 0 Å². The van der Waals surface area contributed by atoms with Gasteiger partial charge in [-0.15, -0.1) is 0 Å². The van der Waals surface area contributed by atoms with Crippen LogP contribution in [0.5, 0.6) is 0 Å². The highest BCUT2D eigenvalue weighted by Crippen LogP contribution is 2.17. The lowest BCUT2D eigenvalue weighted by Crippen LogP contribution is -2.31. The Hall–Kier alpha value is -1.63. The molecule has 0 aromatic heterocycles. The molecule has 1 fully saturated rings. The standard InChI is InChI=1S/C19H22N2O2S2/c1-25(23)18-7-5-16(6-8-18)19(22)20-17-4-2-3-15(13-17)14-21-9-11-24-12-10-21/h2-8,13H,9-12,14H2,1H3,(H,20,22). The molecule has 3 rings (SSSR count). The number of nitrogens with one attached hydrogen (secondary N) is 1. The Morgan fingerprint density at radius 2 is 1.88 bits per heavy atom. The Morgan fingerprint density at radius 1 is 1.16 bits per heavy atom. The molecule has 1 aliphatic rings. The molecule has 25 heavy (non-hydrogen) atoms. The van der Waals surface area contributed by atoms with Crippen LogP contribution < -0.4 is 5.32 Å². The van der Waals surface area contributed by atoms with Gasteiger partial charge in [-0.1, -0.05) is 12.1 Å². The average Bonchev–Trinajstić information content (AvgIpc) is 2.63. The van der Waals surface area contributed by atoms with Gasteiger partial charge in [0.15, 0.2) is 0 Å². The number of thioether (sulfide) groups is 1. The first-order valence-electron chi connectivity index (χ1n) is 8.26. The number of benzene rings is 2. The summed E-state index contributed by atoms with van der Waals surface area (Å²) >= 11 is 2.00. The van der Waals surface area contributed by atoms with Crippen LogP contribution in [0.2, 0.25) is 0 Å². The maximum absolute atomic E-state index is 12.4. The second-order valence-electron chi connectivity index (χ2n) is 6.02. The summed E-state index contributed by atoms with van der Waals surface area (Å²) in [5.74, 6) is 2.23. The van der Waals surface area contributed by atoms with E-state index in [1.807, 2.05) is 30.0 Å². The highest BCUT2D eigenvalue weighted by atomic mass is 32.2. The summed E-state index contributed by atoms with van der Waals surface area (Å²) in [7, 11) is -1.03. The minimum atomic E-state index is -1.03. The molecule has 1 amide bonds. The number of hydrogen-bond donors (Lipinski definition) is 1. The molecule has 6 heteroatoms. The Kier molecular flexibility index (Phi) is 6.29. The first kappa shape index (κ1) is 18.2. The Labute approximate surface area is 155 Å². The predicted molar refractivity (Wildman–Crippen MR) is 106 cm³/mol. The minimum absolute atomic E-state index is 0.153. The molecule has 0 radical (unpaired) electrons. The second kappa shape index (κ2) is 8.65. The molecule has 1 saturated heterocycles. The van der Waals surface area contributed by atoms with E-state index in [1.165, 1.54) is 17.1 Å². The molecule has 0 saturated carbocycles. The van der Waals surface area contributed by atoms with E-state index < -0.39 is 10.8 Å². The summed E-state index contributed by atoms with van der Waals surface area (Å²) in [4.78, 5) is 15.6. The van der Waals surface area contributed by atoms with E-state index in [1.54, 1.807) is 30.5 Å². The van der Waals surface area contributed by atoms with E-state index in [-0.39, 0.29) is 5.91 Å². The van der Waals surface area contributed by atoms with Gasteiger partial charge in [-0.2, -0.15) is 11.8 Å². The Balaban J connectivity index is 1.64. The molecule has 0 aliphatic carbocycles. The molecule has 1 atom stereocenters. The van der Waals surface area contributed by atoms with Crippen LogP contribution in [0.3, 0.4) is 0 Å². The van der Waals surface area contributed by atoms with Crippen molar-refractivity contribution in [2.45, 2.75) is 11.4 Å². The molecule has 1 N–H and O–H groups in total. The summed E-state index contributed by atoms with van der Waals surface area (Å²) in [5.41, 5.74) is 2.58. The molecule has 1 unspecified atom stereocenters. The quantitative estimate of drug-likeness (QED) is 0.873. The van der Waals surface area contributed by atoms with Crippen LogP contribution in [-0.2, 0) is 17.3 Å². The fourth-order valence-electron chi connectivity index (χ4n) is 2.77. The first-order valence-corrected chi connectivity index (χ1v) is 11.0. The largest absolute Gasteiger partial charge is 0.322 e. The fraction of sp³-hybridized carbons (Fsp3) is 0.316. The molecule has 0 spiro atoms. The van der Waals surface area contributed by atoms with Crippen molar-refractivity contribution < 1.29 is 9.00 Å². The van der Waals surface area contributed by atoms with E-state index in [0.717, 1.165) is 30.2 Å². The normalized spacial score (nSPS) is 16.4. The minimum Gasteiger partial charge on any atom is -0.322 e. The third kappa shape index (κ3) is 5.17. The topological polar surface area (TPSA) is 49.4 Å². The van der Waals surface area contributed by atoms with Crippen molar-refractivity contribution >= 4 is 34.2 Å². The van der Waals surface area contributed by atoms with Gasteiger partial charge in [0, 0.05) is 64.3 Å². The van der Waals surface area contributed by atoms with Crippen LogP contribution in [0.1, 0.15) is 15.9 Å². The summed E-state index contributed by atoms with van der Waals surface area (Å²) in [5, 5.41) is 2.95. The molecule has 1 heterocycles. The zero-order valence-electron chi connectivity index (χ0n) is 14.2. The smallest absolute Gasteiger partial charge is 0.255 e. The van der Waals surface area contributed by atoms with Crippen LogP contribution in [0.15, 0.2) is 53.4 Å². The highest BCUT2D eigenvalue weighted by Gasteiger charge is 2.12. The number of anilines is 1. The van der Waals surface area contributed by atoms with Crippen LogP contribution in [0.4, 0.5) is 5.69 Å². The van der Waals surface area contributed by atoms with Gasteiger partial charge >= 0.3 is 0 Å². The van der Waals surface area contributed by atoms with Crippen molar-refractivity contribution in [1.82, 2.24) is 4.90 Å². The fourth-order valence-corrected chi connectivity index (χ4v) is 4.26. The van der Waals surface area contributed by atoms with Gasteiger partial charge in [0.2, 0.25) is 0 Å². The van der Waals surface area contributed by atoms with Gasteiger partial charge in [-0.05, 0) is 42.0 Å². The predicted octanol–water partition coefficient (Wildman–Crippen LogP) is 3.23. The van der Waals surface area contributed by atoms with Crippen molar-refractivity contribution in [2.24, 2.45) is 0 Å². The molecule has 4 nitrogen and oxygen atoms in total. The van der Waals surface area contributed by atoms with E-state index >= 15 is 0 Å².